The van der Waals surface area contributed by atoms with E-state index in [0.717, 1.165) is 36.6 Å². The first-order valence-electron chi connectivity index (χ1n) is 8.81. The Morgan fingerprint density at radius 3 is 2.05 bits per heavy atom. The van der Waals surface area contributed by atoms with E-state index in [1.807, 2.05) is 20.8 Å². The van der Waals surface area contributed by atoms with E-state index in [4.69, 9.17) is 9.05 Å². The van der Waals surface area contributed by atoms with Gasteiger partial charge in [-0.3, -0.25) is 4.57 Å². The van der Waals surface area contributed by atoms with Gasteiger partial charge in [-0.25, -0.2) is 0 Å². The Kier molecular flexibility index (Phi) is 12.9. The smallest absolute Gasteiger partial charge is 0.306 e. The van der Waals surface area contributed by atoms with Crippen LogP contribution in [-0.4, -0.2) is 13.2 Å². The van der Waals surface area contributed by atoms with Crippen molar-refractivity contribution in [3.63, 3.8) is 0 Å². The molecule has 0 heterocycles. The normalized spacial score (nSPS) is 13.7. The first-order chi connectivity index (χ1) is 10.6. The van der Waals surface area contributed by atoms with Crippen molar-refractivity contribution in [3.8, 4) is 0 Å². The minimum absolute atomic E-state index is 0.403. The van der Waals surface area contributed by atoms with E-state index in [1.165, 1.54) is 19.3 Å². The molecule has 3 nitrogen and oxygen atoms in total. The molecule has 0 aliphatic heterocycles. The first-order valence-corrected chi connectivity index (χ1v) is 10.4. The summed E-state index contributed by atoms with van der Waals surface area (Å²) in [6.45, 7) is 10.9. The quantitative estimate of drug-likeness (QED) is 0.210. The van der Waals surface area contributed by atoms with E-state index in [9.17, 15) is 4.57 Å². The maximum absolute atomic E-state index is 13.1. The van der Waals surface area contributed by atoms with Crippen LogP contribution in [0.15, 0.2) is 23.0 Å². The molecule has 0 N–H and O–H groups in total. The standard InChI is InChI=1S/C18H35O3P/c1-6-10-12-13-14-15-17(5)18(16-11-7-2)22(19,20-8-3)21-9-4/h14-15H,6-13,16H2,1-5H3/b15-14+,18-17+. The summed E-state index contributed by atoms with van der Waals surface area (Å²) >= 11 is 0. The highest BCUT2D eigenvalue weighted by Gasteiger charge is 2.30. The van der Waals surface area contributed by atoms with Gasteiger partial charge in [0.05, 0.1) is 13.2 Å². The summed E-state index contributed by atoms with van der Waals surface area (Å²) in [5.74, 6) is 0. The van der Waals surface area contributed by atoms with Crippen molar-refractivity contribution in [3.05, 3.63) is 23.0 Å². The molecule has 0 saturated carbocycles. The van der Waals surface area contributed by atoms with Gasteiger partial charge in [0.25, 0.3) is 0 Å². The molecule has 0 amide bonds. The van der Waals surface area contributed by atoms with Crippen molar-refractivity contribution in [2.24, 2.45) is 0 Å². The summed E-state index contributed by atoms with van der Waals surface area (Å²) in [5.41, 5.74) is 1.04. The largest absolute Gasteiger partial charge is 0.357 e. The molecule has 0 radical (unpaired) electrons. The van der Waals surface area contributed by atoms with Crippen molar-refractivity contribution >= 4 is 7.60 Å². The average Bonchev–Trinajstić information content (AvgIpc) is 2.47. The lowest BCUT2D eigenvalue weighted by molar-refractivity contribution is 0.225. The fourth-order valence-electron chi connectivity index (χ4n) is 2.30. The van der Waals surface area contributed by atoms with Gasteiger partial charge in [0.1, 0.15) is 0 Å². The van der Waals surface area contributed by atoms with E-state index < -0.39 is 7.60 Å². The zero-order valence-electron chi connectivity index (χ0n) is 15.2. The fourth-order valence-corrected chi connectivity index (χ4v) is 4.30. The van der Waals surface area contributed by atoms with Gasteiger partial charge in [-0.15, -0.1) is 0 Å². The van der Waals surface area contributed by atoms with Crippen molar-refractivity contribution in [2.45, 2.75) is 79.6 Å². The summed E-state index contributed by atoms with van der Waals surface area (Å²) in [5, 5.41) is 0.852. The highest BCUT2D eigenvalue weighted by Crippen LogP contribution is 2.58. The van der Waals surface area contributed by atoms with Crippen LogP contribution >= 0.6 is 7.60 Å². The van der Waals surface area contributed by atoms with Crippen LogP contribution in [0.4, 0.5) is 0 Å². The minimum atomic E-state index is -3.15. The van der Waals surface area contributed by atoms with Crippen LogP contribution in [0.5, 0.6) is 0 Å². The fraction of sp³-hybridized carbons (Fsp3) is 0.778. The molecule has 0 saturated heterocycles. The third kappa shape index (κ3) is 8.31. The second-order valence-corrected chi connectivity index (χ2v) is 7.52. The third-order valence-corrected chi connectivity index (χ3v) is 5.93. The number of hydrogen-bond donors (Lipinski definition) is 0. The average molecular weight is 330 g/mol. The van der Waals surface area contributed by atoms with Gasteiger partial charge in [-0.1, -0.05) is 45.3 Å². The number of unbranched alkanes of at least 4 members (excludes halogenated alkanes) is 4. The predicted molar refractivity (Wildman–Crippen MR) is 96.4 cm³/mol. The van der Waals surface area contributed by atoms with Gasteiger partial charge >= 0.3 is 7.60 Å². The monoisotopic (exact) mass is 330 g/mol. The molecule has 0 rings (SSSR count). The zero-order chi connectivity index (χ0) is 16.8. The van der Waals surface area contributed by atoms with E-state index in [2.05, 4.69) is 26.0 Å². The van der Waals surface area contributed by atoms with Crippen LogP contribution in [0.1, 0.15) is 79.6 Å². The Bertz CT molecular complexity index is 376. The van der Waals surface area contributed by atoms with Crippen molar-refractivity contribution in [2.75, 3.05) is 13.2 Å². The molecular formula is C18H35O3P. The van der Waals surface area contributed by atoms with Crippen LogP contribution in [-0.2, 0) is 13.6 Å². The van der Waals surface area contributed by atoms with Crippen molar-refractivity contribution in [1.82, 2.24) is 0 Å². The van der Waals surface area contributed by atoms with Crippen LogP contribution in [0.2, 0.25) is 0 Å². The molecule has 0 aromatic heterocycles. The molecule has 130 valence electrons. The van der Waals surface area contributed by atoms with Gasteiger partial charge in [-0.2, -0.15) is 0 Å². The molecule has 0 atom stereocenters. The van der Waals surface area contributed by atoms with Gasteiger partial charge in [0.15, 0.2) is 0 Å². The molecule has 0 bridgehead atoms. The molecule has 0 aliphatic carbocycles. The molecule has 0 aromatic carbocycles. The topological polar surface area (TPSA) is 35.5 Å². The lowest BCUT2D eigenvalue weighted by atomic mass is 10.1. The van der Waals surface area contributed by atoms with Crippen LogP contribution in [0.3, 0.4) is 0 Å². The molecule has 22 heavy (non-hydrogen) atoms. The summed E-state index contributed by atoms with van der Waals surface area (Å²) in [6.07, 6.45) is 11.9. The Labute approximate surface area is 137 Å². The lowest BCUT2D eigenvalue weighted by Gasteiger charge is -2.21. The maximum atomic E-state index is 13.1. The Balaban J connectivity index is 5.18. The molecule has 0 spiro atoms. The predicted octanol–water partition coefficient (Wildman–Crippen LogP) is 6.85. The number of allylic oxidation sites excluding steroid dienone is 4. The van der Waals surface area contributed by atoms with E-state index >= 15 is 0 Å². The third-order valence-electron chi connectivity index (χ3n) is 3.49. The number of hydrogen-bond acceptors (Lipinski definition) is 3. The van der Waals surface area contributed by atoms with Crippen LogP contribution < -0.4 is 0 Å². The Morgan fingerprint density at radius 2 is 1.55 bits per heavy atom. The summed E-state index contributed by atoms with van der Waals surface area (Å²) in [7, 11) is -3.15. The molecular weight excluding hydrogens is 295 g/mol. The lowest BCUT2D eigenvalue weighted by Crippen LogP contribution is -2.01. The van der Waals surface area contributed by atoms with Crippen LogP contribution in [0.25, 0.3) is 0 Å². The minimum Gasteiger partial charge on any atom is -0.306 e. The van der Waals surface area contributed by atoms with E-state index in [0.29, 0.717) is 13.2 Å². The molecule has 0 aromatic rings. The summed E-state index contributed by atoms with van der Waals surface area (Å²) < 4.78 is 24.1. The summed E-state index contributed by atoms with van der Waals surface area (Å²) in [6, 6.07) is 0. The second kappa shape index (κ2) is 13.1. The maximum Gasteiger partial charge on any atom is 0.357 e. The highest BCUT2D eigenvalue weighted by atomic mass is 31.2. The first kappa shape index (κ1) is 21.6. The van der Waals surface area contributed by atoms with E-state index in [1.54, 1.807) is 0 Å². The zero-order valence-corrected chi connectivity index (χ0v) is 16.1. The van der Waals surface area contributed by atoms with E-state index in [-0.39, 0.29) is 0 Å². The van der Waals surface area contributed by atoms with Gasteiger partial charge in [0, 0.05) is 5.31 Å². The number of rotatable bonds is 13. The van der Waals surface area contributed by atoms with Crippen molar-refractivity contribution < 1.29 is 13.6 Å². The van der Waals surface area contributed by atoms with Gasteiger partial charge < -0.3 is 9.05 Å². The van der Waals surface area contributed by atoms with Gasteiger partial charge in [-0.05, 0) is 52.0 Å². The Hall–Kier alpha value is -0.370. The van der Waals surface area contributed by atoms with Crippen LogP contribution in [0, 0.1) is 0 Å². The Morgan fingerprint density at radius 1 is 0.955 bits per heavy atom. The molecule has 0 aliphatic rings. The molecule has 4 heteroatoms. The van der Waals surface area contributed by atoms with Crippen molar-refractivity contribution in [1.29, 1.82) is 0 Å². The highest BCUT2D eigenvalue weighted by molar-refractivity contribution is 7.58. The SMILES string of the molecule is CCCCC/C=C/C(C)=C(\CCCC)P(=O)(OCC)OCC. The molecule has 0 fully saturated rings. The van der Waals surface area contributed by atoms with Gasteiger partial charge in [0.2, 0.25) is 0 Å². The second-order valence-electron chi connectivity index (χ2n) is 5.46. The molecule has 0 unspecified atom stereocenters. The summed E-state index contributed by atoms with van der Waals surface area (Å²) in [4.78, 5) is 0.